The molecule has 1 aliphatic rings. The monoisotopic (exact) mass is 293 g/mol. The van der Waals surface area contributed by atoms with Gasteiger partial charge in [0.1, 0.15) is 5.25 Å². The molecule has 0 bridgehead atoms. The highest BCUT2D eigenvalue weighted by molar-refractivity contribution is 8.00. The first kappa shape index (κ1) is 14.9. The molecule has 1 aromatic rings. The molecule has 2 rings (SSSR count). The Bertz CT molecular complexity index is 518. The lowest BCUT2D eigenvalue weighted by Gasteiger charge is -2.29. The van der Waals surface area contributed by atoms with Gasteiger partial charge in [0, 0.05) is 13.6 Å². The second-order valence-corrected chi connectivity index (χ2v) is 6.37. The summed E-state index contributed by atoms with van der Waals surface area (Å²) >= 11 is 1.64. The molecule has 0 radical (unpaired) electrons. The summed E-state index contributed by atoms with van der Waals surface area (Å²) in [5.74, 6) is -0.500. The van der Waals surface area contributed by atoms with Crippen LogP contribution in [0.4, 0.5) is 0 Å². The second kappa shape index (κ2) is 6.31. The van der Waals surface area contributed by atoms with Crippen molar-refractivity contribution < 1.29 is 14.7 Å². The molecule has 0 saturated carbocycles. The first-order valence-corrected chi connectivity index (χ1v) is 7.72. The highest BCUT2D eigenvalue weighted by atomic mass is 32.2. The summed E-state index contributed by atoms with van der Waals surface area (Å²) in [4.78, 5) is 25.0. The van der Waals surface area contributed by atoms with Crippen LogP contribution >= 0.6 is 11.8 Å². The number of hydrogen-bond acceptors (Lipinski definition) is 3. The van der Waals surface area contributed by atoms with Crippen molar-refractivity contribution >= 4 is 23.6 Å². The van der Waals surface area contributed by atoms with E-state index >= 15 is 0 Å². The van der Waals surface area contributed by atoms with Crippen LogP contribution in [0.25, 0.3) is 0 Å². The van der Waals surface area contributed by atoms with Gasteiger partial charge in [-0.15, -0.1) is 11.8 Å². The van der Waals surface area contributed by atoms with Crippen LogP contribution in [0.1, 0.15) is 23.3 Å². The van der Waals surface area contributed by atoms with Crippen LogP contribution in [0.5, 0.6) is 0 Å². The number of thioether (sulfide) groups is 1. The topological polar surface area (TPSA) is 57.6 Å². The molecule has 0 fully saturated rings. The summed E-state index contributed by atoms with van der Waals surface area (Å²) in [7, 11) is 1.68. The first-order chi connectivity index (χ1) is 9.50. The number of rotatable bonds is 4. The van der Waals surface area contributed by atoms with Gasteiger partial charge in [0.15, 0.2) is 0 Å². The van der Waals surface area contributed by atoms with Gasteiger partial charge in [-0.05, 0) is 23.3 Å². The quantitative estimate of drug-likeness (QED) is 0.924. The van der Waals surface area contributed by atoms with Crippen LogP contribution in [0.3, 0.4) is 0 Å². The van der Waals surface area contributed by atoms with E-state index in [4.69, 9.17) is 5.11 Å². The van der Waals surface area contributed by atoms with Gasteiger partial charge in [-0.25, -0.2) is 0 Å². The molecule has 0 aliphatic carbocycles. The maximum absolute atomic E-state index is 12.5. The summed E-state index contributed by atoms with van der Waals surface area (Å²) < 4.78 is 0. The Morgan fingerprint density at radius 2 is 2.15 bits per heavy atom. The predicted molar refractivity (Wildman–Crippen MR) is 79.8 cm³/mol. The molecular formula is C15H19NO3S. The fraction of sp³-hybridized carbons (Fsp3) is 0.467. The van der Waals surface area contributed by atoms with E-state index in [1.807, 2.05) is 18.2 Å². The molecule has 1 N–H and O–H groups in total. The average molecular weight is 293 g/mol. The van der Waals surface area contributed by atoms with Crippen molar-refractivity contribution in [3.63, 3.8) is 0 Å². The fourth-order valence-corrected chi connectivity index (χ4v) is 3.68. The molecule has 1 amide bonds. The van der Waals surface area contributed by atoms with E-state index in [2.05, 4.69) is 6.07 Å². The third-order valence-corrected chi connectivity index (χ3v) is 4.79. The molecule has 0 saturated heterocycles. The molecular weight excluding hydrogens is 274 g/mol. The van der Waals surface area contributed by atoms with Gasteiger partial charge >= 0.3 is 5.97 Å². The summed E-state index contributed by atoms with van der Waals surface area (Å²) in [5, 5.41) is 8.73. The summed E-state index contributed by atoms with van der Waals surface area (Å²) in [6.07, 6.45) is 0.986. The molecule has 4 nitrogen and oxygen atoms in total. The van der Waals surface area contributed by atoms with E-state index < -0.39 is 11.9 Å². The van der Waals surface area contributed by atoms with E-state index in [0.29, 0.717) is 0 Å². The van der Waals surface area contributed by atoms with E-state index in [1.54, 1.807) is 30.6 Å². The molecule has 2 atom stereocenters. The van der Waals surface area contributed by atoms with Gasteiger partial charge in [0.2, 0.25) is 5.91 Å². The summed E-state index contributed by atoms with van der Waals surface area (Å²) in [5.41, 5.74) is 2.30. The van der Waals surface area contributed by atoms with Crippen molar-refractivity contribution in [2.24, 2.45) is 5.92 Å². The number of aryl methyl sites for hydroxylation is 1. The number of nitrogens with zero attached hydrogens (tertiary/aromatic N) is 1. The van der Waals surface area contributed by atoms with Gasteiger partial charge < -0.3 is 10.0 Å². The van der Waals surface area contributed by atoms with Crippen molar-refractivity contribution in [1.29, 1.82) is 0 Å². The van der Waals surface area contributed by atoms with Crippen molar-refractivity contribution in [3.8, 4) is 0 Å². The number of likely N-dealkylation sites (N-methyl/N-ethyl adjacent to an activating group) is 1. The number of carbonyl (C=O) groups is 2. The molecule has 0 aromatic heterocycles. The lowest BCUT2D eigenvalue weighted by atomic mass is 10.0. The smallest absolute Gasteiger partial charge is 0.308 e. The van der Waals surface area contributed by atoms with Crippen LogP contribution in [0.15, 0.2) is 24.3 Å². The van der Waals surface area contributed by atoms with Gasteiger partial charge in [0.25, 0.3) is 0 Å². The summed E-state index contributed by atoms with van der Waals surface area (Å²) in [6.45, 7) is 1.86. The van der Waals surface area contributed by atoms with Crippen LogP contribution in [0, 0.1) is 5.92 Å². The van der Waals surface area contributed by atoms with Crippen LogP contribution < -0.4 is 0 Å². The van der Waals surface area contributed by atoms with Gasteiger partial charge in [-0.2, -0.15) is 0 Å². The molecule has 1 aliphatic heterocycles. The zero-order valence-electron chi connectivity index (χ0n) is 11.7. The molecule has 1 aromatic carbocycles. The third-order valence-electron chi connectivity index (χ3n) is 3.56. The van der Waals surface area contributed by atoms with Crippen LogP contribution in [0.2, 0.25) is 0 Å². The number of hydrogen-bond donors (Lipinski definition) is 1. The maximum atomic E-state index is 12.5. The number of carbonyl (C=O) groups excluding carboxylic acids is 1. The number of amides is 1. The van der Waals surface area contributed by atoms with E-state index in [1.165, 1.54) is 5.56 Å². The second-order valence-electron chi connectivity index (χ2n) is 5.16. The number of aliphatic carboxylic acids is 1. The molecule has 0 spiro atoms. The Kier molecular flexibility index (Phi) is 4.70. The fourth-order valence-electron chi connectivity index (χ4n) is 2.38. The minimum atomic E-state index is -0.874. The summed E-state index contributed by atoms with van der Waals surface area (Å²) in [6, 6.07) is 8.01. The molecule has 5 heteroatoms. The number of carboxylic acid groups (broad SMARTS) is 1. The number of carboxylic acids is 1. The highest BCUT2D eigenvalue weighted by Gasteiger charge is 2.30. The Morgan fingerprint density at radius 3 is 2.85 bits per heavy atom. The predicted octanol–water partition coefficient (Wildman–Crippen LogP) is 2.20. The molecule has 2 unspecified atom stereocenters. The minimum Gasteiger partial charge on any atom is -0.481 e. The average Bonchev–Trinajstić information content (AvgIpc) is 2.45. The third kappa shape index (κ3) is 3.15. The zero-order chi connectivity index (χ0) is 14.7. The van der Waals surface area contributed by atoms with E-state index in [-0.39, 0.29) is 17.7 Å². The van der Waals surface area contributed by atoms with Gasteiger partial charge in [-0.3, -0.25) is 9.59 Å². The standard InChI is InChI=1S/C15H19NO3S/c1-10(15(18)19)9-16(2)14(17)13-12-6-4-3-5-11(12)7-8-20-13/h3-6,10,13H,7-9H2,1-2H3,(H,18,19). The Balaban J connectivity index is 2.12. The first-order valence-electron chi connectivity index (χ1n) is 6.68. The molecule has 108 valence electrons. The van der Waals surface area contributed by atoms with Crippen molar-refractivity contribution in [2.75, 3.05) is 19.3 Å². The molecule has 1 heterocycles. The van der Waals surface area contributed by atoms with E-state index in [0.717, 1.165) is 17.7 Å². The van der Waals surface area contributed by atoms with Gasteiger partial charge in [0.05, 0.1) is 5.92 Å². The molecule has 20 heavy (non-hydrogen) atoms. The lowest BCUT2D eigenvalue weighted by molar-refractivity contribution is -0.142. The maximum Gasteiger partial charge on any atom is 0.308 e. The Labute approximate surface area is 123 Å². The minimum absolute atomic E-state index is 0.00440. The number of benzene rings is 1. The Morgan fingerprint density at radius 1 is 1.45 bits per heavy atom. The van der Waals surface area contributed by atoms with Gasteiger partial charge in [-0.1, -0.05) is 31.2 Å². The highest BCUT2D eigenvalue weighted by Crippen LogP contribution is 2.37. The largest absolute Gasteiger partial charge is 0.481 e. The normalized spacial score (nSPS) is 19.0. The van der Waals surface area contributed by atoms with Crippen molar-refractivity contribution in [3.05, 3.63) is 35.4 Å². The van der Waals surface area contributed by atoms with Crippen molar-refractivity contribution in [1.82, 2.24) is 4.90 Å². The SMILES string of the molecule is CC(CN(C)C(=O)C1SCCc2ccccc21)C(=O)O. The number of fused-ring (bicyclic) bond motifs is 1. The lowest BCUT2D eigenvalue weighted by Crippen LogP contribution is -2.37. The van der Waals surface area contributed by atoms with Crippen molar-refractivity contribution in [2.45, 2.75) is 18.6 Å². The van der Waals surface area contributed by atoms with Crippen LogP contribution in [-0.2, 0) is 16.0 Å². The zero-order valence-corrected chi connectivity index (χ0v) is 12.5. The van der Waals surface area contributed by atoms with Crippen LogP contribution in [-0.4, -0.2) is 41.2 Å². The van der Waals surface area contributed by atoms with E-state index in [9.17, 15) is 9.59 Å². The Hall–Kier alpha value is -1.49.